The molecule has 0 unspecified atom stereocenters. The second-order valence-corrected chi connectivity index (χ2v) is 5.02. The number of ether oxygens (including phenoxy) is 2. The van der Waals surface area contributed by atoms with E-state index in [0.717, 1.165) is 12.8 Å². The van der Waals surface area contributed by atoms with Gasteiger partial charge in [-0.2, -0.15) is 0 Å². The van der Waals surface area contributed by atoms with Crippen LogP contribution in [0.15, 0.2) is 29.3 Å². The summed E-state index contributed by atoms with van der Waals surface area (Å²) in [4.78, 5) is 16.5. The standard InChI is InChI=1S/C15H20N2O3/c1-10(2)20-15(16-12-7-8-12)17-14(18)11-5-4-6-13(9-11)19-3/h4-6,9-10,12H,7-8H2,1-3H3,(H,16,17,18). The number of benzene rings is 1. The van der Waals surface area contributed by atoms with Gasteiger partial charge in [-0.1, -0.05) is 6.07 Å². The first-order valence-electron chi connectivity index (χ1n) is 6.78. The lowest BCUT2D eigenvalue weighted by atomic mass is 10.2. The van der Waals surface area contributed by atoms with Gasteiger partial charge < -0.3 is 9.47 Å². The highest BCUT2D eigenvalue weighted by molar-refractivity contribution is 6.04. The number of carbonyl (C=O) groups is 1. The first-order valence-corrected chi connectivity index (χ1v) is 6.78. The Morgan fingerprint density at radius 1 is 1.40 bits per heavy atom. The molecule has 0 spiro atoms. The van der Waals surface area contributed by atoms with Crippen LogP contribution in [0.1, 0.15) is 37.0 Å². The van der Waals surface area contributed by atoms with Crippen molar-refractivity contribution in [1.82, 2.24) is 5.32 Å². The quantitative estimate of drug-likeness (QED) is 0.678. The molecule has 0 radical (unpaired) electrons. The van der Waals surface area contributed by atoms with Crippen LogP contribution in [-0.2, 0) is 4.74 Å². The van der Waals surface area contributed by atoms with Crippen molar-refractivity contribution in [2.45, 2.75) is 38.8 Å². The summed E-state index contributed by atoms with van der Waals surface area (Å²) in [6, 6.07) is 7.56. The van der Waals surface area contributed by atoms with E-state index >= 15 is 0 Å². The van der Waals surface area contributed by atoms with E-state index in [4.69, 9.17) is 9.47 Å². The van der Waals surface area contributed by atoms with E-state index < -0.39 is 0 Å². The molecule has 0 saturated heterocycles. The van der Waals surface area contributed by atoms with Gasteiger partial charge in [0.25, 0.3) is 11.9 Å². The molecule has 5 heteroatoms. The Morgan fingerprint density at radius 3 is 2.75 bits per heavy atom. The monoisotopic (exact) mass is 276 g/mol. The zero-order valence-corrected chi connectivity index (χ0v) is 12.1. The molecule has 20 heavy (non-hydrogen) atoms. The van der Waals surface area contributed by atoms with Gasteiger partial charge in [0, 0.05) is 5.56 Å². The van der Waals surface area contributed by atoms with Crippen LogP contribution in [0.4, 0.5) is 0 Å². The number of amides is 1. The number of carbonyl (C=O) groups excluding carboxylic acids is 1. The van der Waals surface area contributed by atoms with Crippen LogP contribution < -0.4 is 10.1 Å². The molecular formula is C15H20N2O3. The molecule has 0 aromatic heterocycles. The normalized spacial score (nSPS) is 15.1. The second-order valence-electron chi connectivity index (χ2n) is 5.02. The van der Waals surface area contributed by atoms with Gasteiger partial charge in [0.15, 0.2) is 0 Å². The summed E-state index contributed by atoms with van der Waals surface area (Å²) in [5, 5.41) is 2.72. The number of methoxy groups -OCH3 is 1. The third kappa shape index (κ3) is 4.26. The van der Waals surface area contributed by atoms with Gasteiger partial charge in [-0.15, -0.1) is 0 Å². The van der Waals surface area contributed by atoms with Crippen molar-refractivity contribution in [3.05, 3.63) is 29.8 Å². The summed E-state index contributed by atoms with van der Waals surface area (Å²) in [7, 11) is 1.57. The van der Waals surface area contributed by atoms with Crippen molar-refractivity contribution in [1.29, 1.82) is 0 Å². The summed E-state index contributed by atoms with van der Waals surface area (Å²) in [5.41, 5.74) is 0.514. The number of aliphatic imine (C=N–C) groups is 1. The van der Waals surface area contributed by atoms with Crippen LogP contribution in [0.5, 0.6) is 5.75 Å². The summed E-state index contributed by atoms with van der Waals surface area (Å²) >= 11 is 0. The third-order valence-corrected chi connectivity index (χ3v) is 2.75. The Kier molecular flexibility index (Phi) is 4.61. The molecule has 1 aliphatic carbocycles. The molecule has 1 N–H and O–H groups in total. The van der Waals surface area contributed by atoms with Crippen LogP contribution in [0, 0.1) is 0 Å². The van der Waals surface area contributed by atoms with Gasteiger partial charge in [-0.05, 0) is 44.9 Å². The molecule has 2 rings (SSSR count). The largest absolute Gasteiger partial charge is 0.497 e. The molecule has 1 amide bonds. The van der Waals surface area contributed by atoms with Crippen molar-refractivity contribution < 1.29 is 14.3 Å². The lowest BCUT2D eigenvalue weighted by Gasteiger charge is -2.13. The fraction of sp³-hybridized carbons (Fsp3) is 0.467. The van der Waals surface area contributed by atoms with E-state index in [2.05, 4.69) is 10.3 Å². The van der Waals surface area contributed by atoms with Crippen molar-refractivity contribution in [3.8, 4) is 5.75 Å². The topological polar surface area (TPSA) is 59.9 Å². The summed E-state index contributed by atoms with van der Waals surface area (Å²) in [5.74, 6) is 0.395. The minimum absolute atomic E-state index is 0.0295. The molecule has 5 nitrogen and oxygen atoms in total. The van der Waals surface area contributed by atoms with Gasteiger partial charge in [0.05, 0.1) is 19.3 Å². The molecule has 108 valence electrons. The molecule has 1 aromatic carbocycles. The summed E-state index contributed by atoms with van der Waals surface area (Å²) in [6.07, 6.45) is 2.08. The fourth-order valence-electron chi connectivity index (χ4n) is 1.62. The Bertz CT molecular complexity index is 508. The van der Waals surface area contributed by atoms with Gasteiger partial charge >= 0.3 is 0 Å². The van der Waals surface area contributed by atoms with Gasteiger partial charge in [-0.25, -0.2) is 4.99 Å². The first kappa shape index (κ1) is 14.4. The van der Waals surface area contributed by atoms with Gasteiger partial charge in [-0.3, -0.25) is 10.1 Å². The fourth-order valence-corrected chi connectivity index (χ4v) is 1.62. The number of hydrogen-bond donors (Lipinski definition) is 1. The van der Waals surface area contributed by atoms with Crippen LogP contribution in [-0.4, -0.2) is 31.2 Å². The van der Waals surface area contributed by atoms with E-state index in [1.165, 1.54) is 0 Å². The summed E-state index contributed by atoms with van der Waals surface area (Å²) in [6.45, 7) is 3.81. The van der Waals surface area contributed by atoms with Crippen LogP contribution >= 0.6 is 0 Å². The lowest BCUT2D eigenvalue weighted by molar-refractivity contribution is 0.0959. The highest BCUT2D eigenvalue weighted by Crippen LogP contribution is 2.23. The third-order valence-electron chi connectivity index (χ3n) is 2.75. The van der Waals surface area contributed by atoms with E-state index in [1.54, 1.807) is 31.4 Å². The number of hydrogen-bond acceptors (Lipinski definition) is 4. The lowest BCUT2D eigenvalue weighted by Crippen LogP contribution is -2.34. The SMILES string of the molecule is COc1cccc(C(=O)NC(=NC2CC2)OC(C)C)c1. The van der Waals surface area contributed by atoms with Gasteiger partial charge in [0.2, 0.25) is 0 Å². The molecule has 0 heterocycles. The van der Waals surface area contributed by atoms with Crippen LogP contribution in [0.25, 0.3) is 0 Å². The van der Waals surface area contributed by atoms with E-state index in [1.807, 2.05) is 13.8 Å². The maximum absolute atomic E-state index is 12.2. The van der Waals surface area contributed by atoms with Gasteiger partial charge in [0.1, 0.15) is 5.75 Å². The molecule has 0 bridgehead atoms. The maximum Gasteiger partial charge on any atom is 0.292 e. The summed E-state index contributed by atoms with van der Waals surface area (Å²) < 4.78 is 10.6. The average molecular weight is 276 g/mol. The van der Waals surface area contributed by atoms with Crippen LogP contribution in [0.2, 0.25) is 0 Å². The highest BCUT2D eigenvalue weighted by Gasteiger charge is 2.23. The predicted molar refractivity (Wildman–Crippen MR) is 77.1 cm³/mol. The molecular weight excluding hydrogens is 256 g/mol. The predicted octanol–water partition coefficient (Wildman–Crippen LogP) is 2.37. The molecule has 1 saturated carbocycles. The van der Waals surface area contributed by atoms with Crippen molar-refractivity contribution >= 4 is 11.9 Å². The number of rotatable bonds is 4. The van der Waals surface area contributed by atoms with E-state index in [0.29, 0.717) is 17.3 Å². The molecule has 1 fully saturated rings. The van der Waals surface area contributed by atoms with Crippen molar-refractivity contribution in [2.75, 3.05) is 7.11 Å². The van der Waals surface area contributed by atoms with Crippen molar-refractivity contribution in [3.63, 3.8) is 0 Å². The van der Waals surface area contributed by atoms with E-state index in [-0.39, 0.29) is 18.1 Å². The molecule has 0 aliphatic heterocycles. The number of amidine groups is 1. The highest BCUT2D eigenvalue weighted by atomic mass is 16.5. The second kappa shape index (κ2) is 6.41. The molecule has 1 aliphatic rings. The Morgan fingerprint density at radius 2 is 2.15 bits per heavy atom. The van der Waals surface area contributed by atoms with Crippen molar-refractivity contribution in [2.24, 2.45) is 4.99 Å². The minimum atomic E-state index is -0.246. The molecule has 0 atom stereocenters. The maximum atomic E-state index is 12.2. The zero-order valence-electron chi connectivity index (χ0n) is 12.1. The van der Waals surface area contributed by atoms with Crippen LogP contribution in [0.3, 0.4) is 0 Å². The number of nitrogens with one attached hydrogen (secondary N) is 1. The Hall–Kier alpha value is -2.04. The molecule has 1 aromatic rings. The number of nitrogens with zero attached hydrogens (tertiary/aromatic N) is 1. The minimum Gasteiger partial charge on any atom is -0.497 e. The van der Waals surface area contributed by atoms with E-state index in [9.17, 15) is 4.79 Å². The zero-order chi connectivity index (χ0) is 14.5. The smallest absolute Gasteiger partial charge is 0.292 e. The Labute approximate surface area is 119 Å². The average Bonchev–Trinajstić information content (AvgIpc) is 3.22. The first-order chi connectivity index (χ1) is 9.58. The Balaban J connectivity index is 2.06.